The zero-order valence-corrected chi connectivity index (χ0v) is 16.2. The molecule has 0 spiro atoms. The lowest BCUT2D eigenvalue weighted by Crippen LogP contribution is -2.11. The van der Waals surface area contributed by atoms with Crippen molar-refractivity contribution >= 4 is 5.57 Å². The Morgan fingerprint density at radius 2 is 1.48 bits per heavy atom. The minimum atomic E-state index is -1.18. The number of hydrogen-bond acceptors (Lipinski definition) is 1. The second-order valence-electron chi connectivity index (χ2n) is 8.35. The summed E-state index contributed by atoms with van der Waals surface area (Å²) in [6, 6.07) is 5.54. The molecule has 1 saturated carbocycles. The monoisotopic (exact) mass is 402 g/mol. The van der Waals surface area contributed by atoms with E-state index in [1.807, 2.05) is 6.08 Å². The van der Waals surface area contributed by atoms with Gasteiger partial charge < -0.3 is 4.74 Å². The van der Waals surface area contributed by atoms with Gasteiger partial charge >= 0.3 is 0 Å². The summed E-state index contributed by atoms with van der Waals surface area (Å²) in [5, 5.41) is 0. The van der Waals surface area contributed by atoms with Crippen molar-refractivity contribution in [2.75, 3.05) is 6.61 Å². The third-order valence-electron chi connectivity index (χ3n) is 6.98. The number of ether oxygens (including phenoxy) is 1. The summed E-state index contributed by atoms with van der Waals surface area (Å²) in [6.45, 7) is 2.51. The fourth-order valence-electron chi connectivity index (χ4n) is 5.35. The number of halogens is 4. The predicted molar refractivity (Wildman–Crippen MR) is 103 cm³/mol. The molecule has 0 radical (unpaired) electrons. The highest BCUT2D eigenvalue weighted by molar-refractivity contribution is 5.74. The smallest absolute Gasteiger partial charge is 0.167 e. The normalized spacial score (nSPS) is 27.8. The second-order valence-corrected chi connectivity index (χ2v) is 8.35. The number of rotatable bonds is 4. The van der Waals surface area contributed by atoms with E-state index < -0.39 is 29.4 Å². The molecule has 3 aliphatic rings. The highest BCUT2D eigenvalue weighted by Crippen LogP contribution is 2.52. The quantitative estimate of drug-likeness (QED) is 0.404. The first-order valence-electron chi connectivity index (χ1n) is 10.3. The molecule has 0 N–H and O–H groups in total. The van der Waals surface area contributed by atoms with Crippen LogP contribution in [0.4, 0.5) is 17.6 Å². The van der Waals surface area contributed by atoms with Gasteiger partial charge in [-0.1, -0.05) is 43.7 Å². The van der Waals surface area contributed by atoms with Crippen molar-refractivity contribution in [3.05, 3.63) is 64.7 Å². The number of allylic oxidation sites excluding steroid dienone is 2. The van der Waals surface area contributed by atoms with E-state index in [9.17, 15) is 13.2 Å². The van der Waals surface area contributed by atoms with Crippen molar-refractivity contribution in [2.45, 2.75) is 38.7 Å². The Kier molecular flexibility index (Phi) is 4.54. The van der Waals surface area contributed by atoms with Gasteiger partial charge in [0, 0.05) is 22.3 Å². The molecular weight excluding hydrogens is 380 g/mol. The van der Waals surface area contributed by atoms with Gasteiger partial charge in [-0.2, -0.15) is 0 Å². The standard InChI is InChI=1S/C24H22F4O/c1-2-12-3-4-14-13(12)5-6-15(14)16-7-8-17(22(26)21(16)25)18-9-10-19(20-11-29-20)24(28)23(18)27/h6-10,12-14,20H,2-5,11H2,1H3. The first kappa shape index (κ1) is 18.9. The fourth-order valence-corrected chi connectivity index (χ4v) is 5.35. The zero-order valence-electron chi connectivity index (χ0n) is 16.2. The van der Waals surface area contributed by atoms with Crippen LogP contribution in [0.2, 0.25) is 0 Å². The first-order valence-corrected chi connectivity index (χ1v) is 10.3. The van der Waals surface area contributed by atoms with Gasteiger partial charge in [0.1, 0.15) is 6.10 Å². The number of benzene rings is 2. The topological polar surface area (TPSA) is 12.5 Å². The van der Waals surface area contributed by atoms with Crippen LogP contribution in [-0.2, 0) is 4.74 Å². The SMILES string of the molecule is CCC1CCC2C(c3ccc(-c4ccc(C5CO5)c(F)c4F)c(F)c3F)=CCC12. The van der Waals surface area contributed by atoms with E-state index in [2.05, 4.69) is 6.92 Å². The fraction of sp³-hybridized carbons (Fsp3) is 0.417. The minimum absolute atomic E-state index is 0.109. The maximum Gasteiger partial charge on any atom is 0.167 e. The van der Waals surface area contributed by atoms with E-state index in [1.54, 1.807) is 0 Å². The average Bonchev–Trinajstić information content (AvgIpc) is 3.34. The largest absolute Gasteiger partial charge is 0.368 e. The van der Waals surface area contributed by atoms with Gasteiger partial charge in [0.2, 0.25) is 0 Å². The third-order valence-corrected chi connectivity index (χ3v) is 6.98. The van der Waals surface area contributed by atoms with Gasteiger partial charge in [0.25, 0.3) is 0 Å². The second kappa shape index (κ2) is 6.98. The van der Waals surface area contributed by atoms with Crippen LogP contribution in [-0.4, -0.2) is 6.61 Å². The lowest BCUT2D eigenvalue weighted by molar-refractivity contribution is 0.361. The van der Waals surface area contributed by atoms with Gasteiger partial charge in [-0.15, -0.1) is 0 Å². The van der Waals surface area contributed by atoms with Crippen LogP contribution in [0.5, 0.6) is 0 Å². The Bertz CT molecular complexity index is 1010. The maximum atomic E-state index is 15.0. The average molecular weight is 402 g/mol. The number of epoxide rings is 1. The van der Waals surface area contributed by atoms with Crippen LogP contribution in [0.15, 0.2) is 30.3 Å². The van der Waals surface area contributed by atoms with Gasteiger partial charge in [-0.3, -0.25) is 0 Å². The summed E-state index contributed by atoms with van der Waals surface area (Å²) in [7, 11) is 0. The van der Waals surface area contributed by atoms with Gasteiger partial charge in [-0.25, -0.2) is 17.6 Å². The summed E-state index contributed by atoms with van der Waals surface area (Å²) in [5.74, 6) is -2.97. The summed E-state index contributed by atoms with van der Waals surface area (Å²) in [6.07, 6.45) is 5.67. The molecule has 0 bridgehead atoms. The molecule has 2 aromatic rings. The minimum Gasteiger partial charge on any atom is -0.368 e. The van der Waals surface area contributed by atoms with Crippen LogP contribution >= 0.6 is 0 Å². The molecule has 152 valence electrons. The van der Waals surface area contributed by atoms with Crippen molar-refractivity contribution in [2.24, 2.45) is 17.8 Å². The Hall–Kier alpha value is -2.14. The summed E-state index contributed by atoms with van der Waals surface area (Å²) < 4.78 is 63.9. The Morgan fingerprint density at radius 1 is 0.862 bits per heavy atom. The van der Waals surface area contributed by atoms with Crippen molar-refractivity contribution in [1.29, 1.82) is 0 Å². The zero-order chi connectivity index (χ0) is 20.3. The molecule has 1 nitrogen and oxygen atoms in total. The molecule has 2 fully saturated rings. The van der Waals surface area contributed by atoms with Gasteiger partial charge in [0.15, 0.2) is 23.3 Å². The van der Waals surface area contributed by atoms with Gasteiger partial charge in [0.05, 0.1) is 6.61 Å². The van der Waals surface area contributed by atoms with Crippen molar-refractivity contribution in [3.63, 3.8) is 0 Å². The Morgan fingerprint density at radius 3 is 2.17 bits per heavy atom. The van der Waals surface area contributed by atoms with Crippen LogP contribution in [0, 0.1) is 41.0 Å². The molecule has 0 amide bonds. The Labute approximate surface area is 167 Å². The van der Waals surface area contributed by atoms with E-state index in [4.69, 9.17) is 4.74 Å². The molecular formula is C24H22F4O. The van der Waals surface area contributed by atoms with Crippen molar-refractivity contribution in [3.8, 4) is 11.1 Å². The Balaban J connectivity index is 1.51. The summed E-state index contributed by atoms with van der Waals surface area (Å²) >= 11 is 0. The van der Waals surface area contributed by atoms with Crippen molar-refractivity contribution in [1.82, 2.24) is 0 Å². The predicted octanol–water partition coefficient (Wildman–Crippen LogP) is 6.82. The molecule has 4 atom stereocenters. The highest BCUT2D eigenvalue weighted by atomic mass is 19.2. The van der Waals surface area contributed by atoms with Crippen LogP contribution in [0.25, 0.3) is 16.7 Å². The van der Waals surface area contributed by atoms with Gasteiger partial charge in [-0.05, 0) is 42.6 Å². The lowest BCUT2D eigenvalue weighted by atomic mass is 9.85. The molecule has 4 unspecified atom stereocenters. The molecule has 5 rings (SSSR count). The molecule has 0 aromatic heterocycles. The molecule has 5 heteroatoms. The van der Waals surface area contributed by atoms with E-state index in [1.165, 1.54) is 24.3 Å². The van der Waals surface area contributed by atoms with Crippen LogP contribution in [0.1, 0.15) is 49.8 Å². The maximum absolute atomic E-state index is 15.0. The van der Waals surface area contributed by atoms with E-state index in [0.29, 0.717) is 18.4 Å². The summed E-state index contributed by atoms with van der Waals surface area (Å²) in [4.78, 5) is 0. The molecule has 2 aliphatic carbocycles. The molecule has 1 heterocycles. The molecule has 29 heavy (non-hydrogen) atoms. The lowest BCUT2D eigenvalue weighted by Gasteiger charge is -2.19. The number of fused-ring (bicyclic) bond motifs is 1. The molecule has 1 aliphatic heterocycles. The van der Waals surface area contributed by atoms with E-state index >= 15 is 4.39 Å². The van der Waals surface area contributed by atoms with Crippen LogP contribution in [0.3, 0.4) is 0 Å². The molecule has 1 saturated heterocycles. The van der Waals surface area contributed by atoms with Crippen molar-refractivity contribution < 1.29 is 22.3 Å². The first-order chi connectivity index (χ1) is 14.0. The highest BCUT2D eigenvalue weighted by Gasteiger charge is 2.41. The van der Waals surface area contributed by atoms with Crippen LogP contribution < -0.4 is 0 Å². The number of hydrogen-bond donors (Lipinski definition) is 0. The van der Waals surface area contributed by atoms with E-state index in [-0.39, 0.29) is 28.2 Å². The summed E-state index contributed by atoms with van der Waals surface area (Å²) in [5.41, 5.74) is 0.678. The third kappa shape index (κ3) is 2.93. The van der Waals surface area contributed by atoms with E-state index in [0.717, 1.165) is 31.3 Å². The molecule has 2 aromatic carbocycles.